The van der Waals surface area contributed by atoms with Crippen LogP contribution in [-0.4, -0.2) is 61.4 Å². The average molecular weight is 420 g/mol. The molecule has 6 atom stereocenters. The Labute approximate surface area is 180 Å². The molecule has 0 aromatic carbocycles. The molecule has 2 saturated heterocycles. The number of esters is 2. The number of ether oxygens (including phenoxy) is 3. The maximum absolute atomic E-state index is 12.7. The fourth-order valence-electron chi connectivity index (χ4n) is 4.89. The zero-order valence-corrected chi connectivity index (χ0v) is 19.3. The molecule has 2 fully saturated rings. The van der Waals surface area contributed by atoms with Gasteiger partial charge in [0.2, 0.25) is 0 Å². The molecular weight excluding hydrogens is 382 g/mol. The summed E-state index contributed by atoms with van der Waals surface area (Å²) in [6, 6.07) is 0. The van der Waals surface area contributed by atoms with Gasteiger partial charge in [0.1, 0.15) is 17.8 Å². The molecule has 1 aliphatic carbocycles. The van der Waals surface area contributed by atoms with Gasteiger partial charge in [0.05, 0.1) is 12.0 Å². The summed E-state index contributed by atoms with van der Waals surface area (Å²) in [5.74, 6) is -0.780. The summed E-state index contributed by atoms with van der Waals surface area (Å²) in [7, 11) is 3.93. The zero-order valence-electron chi connectivity index (χ0n) is 19.3. The molecular formula is C24H37NO5. The zero-order chi connectivity index (χ0) is 22.1. The van der Waals surface area contributed by atoms with Crippen LogP contribution >= 0.6 is 0 Å². The quantitative estimate of drug-likeness (QED) is 0.395. The predicted molar refractivity (Wildman–Crippen MR) is 115 cm³/mol. The van der Waals surface area contributed by atoms with Gasteiger partial charge in [-0.2, -0.15) is 0 Å². The van der Waals surface area contributed by atoms with Gasteiger partial charge in [0.25, 0.3) is 0 Å². The van der Waals surface area contributed by atoms with Gasteiger partial charge >= 0.3 is 11.9 Å². The first kappa shape index (κ1) is 23.0. The van der Waals surface area contributed by atoms with E-state index >= 15 is 0 Å². The summed E-state index contributed by atoms with van der Waals surface area (Å²) < 4.78 is 17.7. The summed E-state index contributed by atoms with van der Waals surface area (Å²) >= 11 is 0. The van der Waals surface area contributed by atoms with Crippen molar-refractivity contribution in [1.82, 2.24) is 4.90 Å². The number of rotatable bonds is 3. The highest BCUT2D eigenvalue weighted by Gasteiger charge is 2.60. The Bertz CT molecular complexity index is 727. The standard InChI is InChI=1S/C24H37NO5/c1-15-8-7-9-16(2)12-20-18(19(14-25(5)6)23(27)29-20)13-22(28-17(3)26)24(4)21(30-24)11-10-15/h8,12,18-22H,7,9-11,13-14H2,1-6H3/b15-8+,16-12+/t18-,19+,20-,21-,22-,24+/m0/s1. The lowest BCUT2D eigenvalue weighted by Crippen LogP contribution is -2.39. The first-order valence-electron chi connectivity index (χ1n) is 11.1. The highest BCUT2D eigenvalue weighted by Crippen LogP contribution is 2.48. The second-order valence-corrected chi connectivity index (χ2v) is 9.70. The van der Waals surface area contributed by atoms with Gasteiger partial charge in [-0.05, 0) is 73.0 Å². The van der Waals surface area contributed by atoms with E-state index in [0.717, 1.165) is 25.7 Å². The lowest BCUT2D eigenvalue weighted by Gasteiger charge is -2.29. The number of carbonyl (C=O) groups is 2. The minimum atomic E-state index is -0.506. The minimum Gasteiger partial charge on any atom is -0.459 e. The third-order valence-corrected chi connectivity index (χ3v) is 6.75. The highest BCUT2D eigenvalue weighted by atomic mass is 16.6. The molecule has 0 unspecified atom stereocenters. The Hall–Kier alpha value is -1.66. The van der Waals surface area contributed by atoms with Crippen molar-refractivity contribution in [2.45, 2.75) is 83.7 Å². The lowest BCUT2D eigenvalue weighted by atomic mass is 9.80. The smallest absolute Gasteiger partial charge is 0.311 e. The van der Waals surface area contributed by atoms with Crippen LogP contribution in [0.1, 0.15) is 59.8 Å². The van der Waals surface area contributed by atoms with Gasteiger partial charge < -0.3 is 19.1 Å². The Morgan fingerprint density at radius 2 is 2.00 bits per heavy atom. The van der Waals surface area contributed by atoms with Gasteiger partial charge in [-0.1, -0.05) is 17.2 Å². The van der Waals surface area contributed by atoms with Gasteiger partial charge in [-0.3, -0.25) is 9.59 Å². The van der Waals surface area contributed by atoms with Gasteiger partial charge in [0, 0.05) is 19.4 Å². The van der Waals surface area contributed by atoms with Crippen LogP contribution in [0.25, 0.3) is 0 Å². The number of epoxide rings is 1. The second-order valence-electron chi connectivity index (χ2n) is 9.70. The Morgan fingerprint density at radius 1 is 1.27 bits per heavy atom. The fourth-order valence-corrected chi connectivity index (χ4v) is 4.89. The van der Waals surface area contributed by atoms with Crippen LogP contribution in [0.2, 0.25) is 0 Å². The van der Waals surface area contributed by atoms with E-state index in [-0.39, 0.29) is 36.0 Å². The van der Waals surface area contributed by atoms with Gasteiger partial charge in [0.15, 0.2) is 0 Å². The molecule has 0 radical (unpaired) electrons. The molecule has 168 valence electrons. The first-order chi connectivity index (χ1) is 14.1. The largest absolute Gasteiger partial charge is 0.459 e. The number of hydrogen-bond donors (Lipinski definition) is 0. The molecule has 2 heterocycles. The Balaban J connectivity index is 1.93. The van der Waals surface area contributed by atoms with E-state index in [1.807, 2.05) is 25.9 Å². The summed E-state index contributed by atoms with van der Waals surface area (Å²) in [5, 5.41) is 0. The van der Waals surface area contributed by atoms with Crippen LogP contribution < -0.4 is 0 Å². The van der Waals surface area contributed by atoms with Crippen molar-refractivity contribution >= 4 is 11.9 Å². The summed E-state index contributed by atoms with van der Waals surface area (Å²) in [6.45, 7) is 8.35. The third-order valence-electron chi connectivity index (χ3n) is 6.75. The van der Waals surface area contributed by atoms with Crippen molar-refractivity contribution in [2.24, 2.45) is 11.8 Å². The van der Waals surface area contributed by atoms with Crippen LogP contribution in [0.4, 0.5) is 0 Å². The van der Waals surface area contributed by atoms with Crippen molar-refractivity contribution in [1.29, 1.82) is 0 Å². The first-order valence-corrected chi connectivity index (χ1v) is 11.1. The Kier molecular flexibility index (Phi) is 7.08. The van der Waals surface area contributed by atoms with Gasteiger partial charge in [-0.15, -0.1) is 0 Å². The normalized spacial score (nSPS) is 40.8. The molecule has 30 heavy (non-hydrogen) atoms. The fraction of sp³-hybridized carbons (Fsp3) is 0.750. The van der Waals surface area contributed by atoms with Crippen LogP contribution in [0.15, 0.2) is 23.3 Å². The summed E-state index contributed by atoms with van der Waals surface area (Å²) in [6.07, 6.45) is 8.14. The second kappa shape index (κ2) is 9.23. The van der Waals surface area contributed by atoms with Crippen molar-refractivity contribution in [3.05, 3.63) is 23.3 Å². The van der Waals surface area contributed by atoms with Crippen molar-refractivity contribution in [3.63, 3.8) is 0 Å². The van der Waals surface area contributed by atoms with Gasteiger partial charge in [-0.25, -0.2) is 0 Å². The number of fused-ring (bicyclic) bond motifs is 2. The molecule has 0 spiro atoms. The molecule has 0 amide bonds. The molecule has 0 aromatic heterocycles. The summed E-state index contributed by atoms with van der Waals surface area (Å²) in [5.41, 5.74) is 2.08. The van der Waals surface area contributed by atoms with E-state index in [4.69, 9.17) is 14.2 Å². The number of allylic oxidation sites excluding steroid dienone is 3. The van der Waals surface area contributed by atoms with E-state index in [9.17, 15) is 9.59 Å². The molecule has 0 saturated carbocycles. The summed E-state index contributed by atoms with van der Waals surface area (Å²) in [4.78, 5) is 26.7. The van der Waals surface area contributed by atoms with Crippen molar-refractivity contribution < 1.29 is 23.8 Å². The highest BCUT2D eigenvalue weighted by molar-refractivity contribution is 5.76. The maximum Gasteiger partial charge on any atom is 0.311 e. The van der Waals surface area contributed by atoms with Crippen LogP contribution in [0, 0.1) is 11.8 Å². The monoisotopic (exact) mass is 419 g/mol. The number of carbonyl (C=O) groups excluding carboxylic acids is 2. The molecule has 3 aliphatic rings. The molecule has 3 rings (SSSR count). The van der Waals surface area contributed by atoms with E-state index in [2.05, 4.69) is 26.0 Å². The minimum absolute atomic E-state index is 0.0545. The van der Waals surface area contributed by atoms with Crippen LogP contribution in [0.3, 0.4) is 0 Å². The van der Waals surface area contributed by atoms with E-state index < -0.39 is 11.7 Å². The molecule has 2 aliphatic heterocycles. The number of hydrogen-bond acceptors (Lipinski definition) is 6. The predicted octanol–water partition coefficient (Wildman–Crippen LogP) is 3.65. The SMILES string of the molecule is CC(=O)O[C@H]1C[C@@H]2[C@H](/C=C(\C)CC/C=C(\C)CC[C@@H]3O[C@@]13C)OC(=O)[C@@H]2CN(C)C. The number of nitrogens with zero attached hydrogens (tertiary/aromatic N) is 1. The van der Waals surface area contributed by atoms with Crippen LogP contribution in [0.5, 0.6) is 0 Å². The van der Waals surface area contributed by atoms with Crippen molar-refractivity contribution in [2.75, 3.05) is 20.6 Å². The molecule has 6 heteroatoms. The van der Waals surface area contributed by atoms with Crippen molar-refractivity contribution in [3.8, 4) is 0 Å². The average Bonchev–Trinajstić information content (AvgIpc) is 3.23. The van der Waals surface area contributed by atoms with E-state index in [1.165, 1.54) is 18.1 Å². The topological polar surface area (TPSA) is 68.4 Å². The third kappa shape index (κ3) is 5.33. The molecule has 0 N–H and O–H groups in total. The maximum atomic E-state index is 12.7. The Morgan fingerprint density at radius 3 is 2.67 bits per heavy atom. The molecule has 0 bridgehead atoms. The van der Waals surface area contributed by atoms with Crippen LogP contribution in [-0.2, 0) is 23.8 Å². The lowest BCUT2D eigenvalue weighted by molar-refractivity contribution is -0.151. The van der Waals surface area contributed by atoms with E-state index in [0.29, 0.717) is 13.0 Å². The van der Waals surface area contributed by atoms with E-state index in [1.54, 1.807) is 0 Å². The molecule has 6 nitrogen and oxygen atoms in total. The molecule has 0 aromatic rings.